The average molecular weight is 227 g/mol. The Morgan fingerprint density at radius 3 is 2.73 bits per heavy atom. The summed E-state index contributed by atoms with van der Waals surface area (Å²) < 4.78 is 0. The summed E-state index contributed by atoms with van der Waals surface area (Å²) in [5.41, 5.74) is 5.63. The molecule has 15 heavy (non-hydrogen) atoms. The van der Waals surface area contributed by atoms with Crippen LogP contribution in [-0.4, -0.2) is 15.5 Å². The monoisotopic (exact) mass is 226 g/mol. The SMILES string of the molecule is CC(C)(Nc1ncnc(N)c1Cl)C1CC1. The molecule has 0 amide bonds. The number of hydrogen-bond donors (Lipinski definition) is 2. The van der Waals surface area contributed by atoms with Crippen LogP contribution < -0.4 is 11.1 Å². The Labute approximate surface area is 94.2 Å². The van der Waals surface area contributed by atoms with Crippen molar-refractivity contribution in [3.8, 4) is 0 Å². The summed E-state index contributed by atoms with van der Waals surface area (Å²) in [7, 11) is 0. The summed E-state index contributed by atoms with van der Waals surface area (Å²) >= 11 is 6.01. The van der Waals surface area contributed by atoms with Crippen LogP contribution in [0.15, 0.2) is 6.33 Å². The molecule has 1 aliphatic carbocycles. The van der Waals surface area contributed by atoms with E-state index in [1.807, 2.05) is 0 Å². The first-order valence-electron chi connectivity index (χ1n) is 5.05. The normalized spacial score (nSPS) is 16.5. The zero-order valence-electron chi connectivity index (χ0n) is 8.92. The molecule has 0 radical (unpaired) electrons. The highest BCUT2D eigenvalue weighted by molar-refractivity contribution is 6.35. The topological polar surface area (TPSA) is 63.8 Å². The number of rotatable bonds is 3. The van der Waals surface area contributed by atoms with Gasteiger partial charge in [-0.1, -0.05) is 11.6 Å². The largest absolute Gasteiger partial charge is 0.382 e. The molecule has 3 N–H and O–H groups in total. The first-order chi connectivity index (χ1) is 7.00. The highest BCUT2D eigenvalue weighted by atomic mass is 35.5. The molecule has 4 nitrogen and oxygen atoms in total. The van der Waals surface area contributed by atoms with Crippen LogP contribution in [0.3, 0.4) is 0 Å². The predicted molar refractivity (Wildman–Crippen MR) is 61.9 cm³/mol. The smallest absolute Gasteiger partial charge is 0.150 e. The van der Waals surface area contributed by atoms with E-state index >= 15 is 0 Å². The van der Waals surface area contributed by atoms with Crippen molar-refractivity contribution in [2.24, 2.45) is 5.92 Å². The molecule has 0 atom stereocenters. The molecule has 1 aliphatic rings. The van der Waals surface area contributed by atoms with Crippen molar-refractivity contribution in [3.63, 3.8) is 0 Å². The lowest BCUT2D eigenvalue weighted by atomic mass is 9.99. The van der Waals surface area contributed by atoms with Gasteiger partial charge in [-0.15, -0.1) is 0 Å². The maximum atomic E-state index is 6.01. The Morgan fingerprint density at radius 1 is 1.47 bits per heavy atom. The molecule has 2 rings (SSSR count). The Kier molecular flexibility index (Phi) is 2.46. The summed E-state index contributed by atoms with van der Waals surface area (Å²) in [6.45, 7) is 4.30. The number of halogens is 1. The van der Waals surface area contributed by atoms with Gasteiger partial charge in [-0.3, -0.25) is 0 Å². The van der Waals surface area contributed by atoms with E-state index in [0.717, 1.165) is 0 Å². The van der Waals surface area contributed by atoms with Crippen LogP contribution in [0.25, 0.3) is 0 Å². The van der Waals surface area contributed by atoms with Crippen molar-refractivity contribution < 1.29 is 0 Å². The zero-order valence-corrected chi connectivity index (χ0v) is 9.67. The van der Waals surface area contributed by atoms with Crippen LogP contribution in [-0.2, 0) is 0 Å². The fraction of sp³-hybridized carbons (Fsp3) is 0.600. The van der Waals surface area contributed by atoms with E-state index in [1.54, 1.807) is 0 Å². The van der Waals surface area contributed by atoms with Gasteiger partial charge in [0.25, 0.3) is 0 Å². The molecular formula is C10H15ClN4. The van der Waals surface area contributed by atoms with Gasteiger partial charge in [0.2, 0.25) is 0 Å². The highest BCUT2D eigenvalue weighted by Gasteiger charge is 2.38. The summed E-state index contributed by atoms with van der Waals surface area (Å²) in [6.07, 6.45) is 3.95. The zero-order chi connectivity index (χ0) is 11.1. The van der Waals surface area contributed by atoms with E-state index in [1.165, 1.54) is 19.2 Å². The van der Waals surface area contributed by atoms with Crippen molar-refractivity contribution in [2.75, 3.05) is 11.1 Å². The number of anilines is 2. The van der Waals surface area contributed by atoms with Gasteiger partial charge in [-0.05, 0) is 32.6 Å². The van der Waals surface area contributed by atoms with Gasteiger partial charge in [0, 0.05) is 5.54 Å². The quantitative estimate of drug-likeness (QED) is 0.830. The summed E-state index contributed by atoms with van der Waals surface area (Å²) in [6, 6.07) is 0. The molecule has 1 heterocycles. The fourth-order valence-corrected chi connectivity index (χ4v) is 1.83. The molecule has 5 heteroatoms. The third-order valence-electron chi connectivity index (χ3n) is 2.85. The van der Waals surface area contributed by atoms with Crippen molar-refractivity contribution in [3.05, 3.63) is 11.3 Å². The number of hydrogen-bond acceptors (Lipinski definition) is 4. The van der Waals surface area contributed by atoms with Crippen LogP contribution in [0.1, 0.15) is 26.7 Å². The van der Waals surface area contributed by atoms with E-state index in [4.69, 9.17) is 17.3 Å². The molecule has 0 saturated heterocycles. The standard InChI is InChI=1S/C10H15ClN4/c1-10(2,6-3-4-6)15-9-7(11)8(12)13-5-14-9/h5-6H,3-4H2,1-2H3,(H3,12,13,14,15). The molecule has 0 spiro atoms. The minimum Gasteiger partial charge on any atom is -0.382 e. The Hall–Kier alpha value is -1.03. The van der Waals surface area contributed by atoms with E-state index in [0.29, 0.717) is 22.6 Å². The molecule has 1 aromatic rings. The molecular weight excluding hydrogens is 212 g/mol. The van der Waals surface area contributed by atoms with Crippen molar-refractivity contribution in [2.45, 2.75) is 32.2 Å². The van der Waals surface area contributed by atoms with Gasteiger partial charge in [-0.25, -0.2) is 9.97 Å². The fourth-order valence-electron chi connectivity index (χ4n) is 1.68. The van der Waals surface area contributed by atoms with E-state index in [2.05, 4.69) is 29.1 Å². The summed E-state index contributed by atoms with van der Waals surface area (Å²) in [5, 5.41) is 3.73. The second-order valence-electron chi connectivity index (χ2n) is 4.54. The van der Waals surface area contributed by atoms with Gasteiger partial charge in [-0.2, -0.15) is 0 Å². The maximum absolute atomic E-state index is 6.01. The van der Waals surface area contributed by atoms with E-state index in [-0.39, 0.29) is 5.54 Å². The van der Waals surface area contributed by atoms with Gasteiger partial charge >= 0.3 is 0 Å². The number of nitrogens with one attached hydrogen (secondary N) is 1. The lowest BCUT2D eigenvalue weighted by Crippen LogP contribution is -2.33. The van der Waals surface area contributed by atoms with Crippen molar-refractivity contribution >= 4 is 23.2 Å². The third-order valence-corrected chi connectivity index (χ3v) is 3.23. The average Bonchev–Trinajstić information content (AvgIpc) is 2.95. The highest BCUT2D eigenvalue weighted by Crippen LogP contribution is 2.41. The van der Waals surface area contributed by atoms with Gasteiger partial charge in [0.15, 0.2) is 5.82 Å². The second-order valence-corrected chi connectivity index (χ2v) is 4.92. The Balaban J connectivity index is 2.20. The minimum atomic E-state index is 0.0183. The number of nitrogen functional groups attached to an aromatic ring is 1. The van der Waals surface area contributed by atoms with Crippen molar-refractivity contribution in [1.29, 1.82) is 0 Å². The molecule has 1 saturated carbocycles. The summed E-state index contributed by atoms with van der Waals surface area (Å²) in [5.74, 6) is 1.64. The van der Waals surface area contributed by atoms with Crippen LogP contribution in [0.4, 0.5) is 11.6 Å². The van der Waals surface area contributed by atoms with Crippen LogP contribution >= 0.6 is 11.6 Å². The van der Waals surface area contributed by atoms with Crippen LogP contribution in [0.2, 0.25) is 5.02 Å². The molecule has 1 fully saturated rings. The van der Waals surface area contributed by atoms with Crippen LogP contribution in [0, 0.1) is 5.92 Å². The van der Waals surface area contributed by atoms with Crippen LogP contribution in [0.5, 0.6) is 0 Å². The first-order valence-corrected chi connectivity index (χ1v) is 5.42. The van der Waals surface area contributed by atoms with Crippen molar-refractivity contribution in [1.82, 2.24) is 9.97 Å². The van der Waals surface area contributed by atoms with Gasteiger partial charge in [0.05, 0.1) is 0 Å². The molecule has 0 unspecified atom stereocenters. The molecule has 0 bridgehead atoms. The number of aromatic nitrogens is 2. The number of nitrogens with two attached hydrogens (primary N) is 1. The Morgan fingerprint density at radius 2 is 2.13 bits per heavy atom. The lowest BCUT2D eigenvalue weighted by Gasteiger charge is -2.27. The second kappa shape index (κ2) is 3.52. The Bertz CT molecular complexity index is 374. The minimum absolute atomic E-state index is 0.0183. The molecule has 82 valence electrons. The summed E-state index contributed by atoms with van der Waals surface area (Å²) in [4.78, 5) is 7.92. The first kappa shape index (κ1) is 10.5. The lowest BCUT2D eigenvalue weighted by molar-refractivity contribution is 0.492. The number of nitrogens with zero attached hydrogens (tertiary/aromatic N) is 2. The molecule has 0 aliphatic heterocycles. The molecule has 1 aromatic heterocycles. The molecule has 0 aromatic carbocycles. The predicted octanol–water partition coefficient (Wildman–Crippen LogP) is 2.31. The van der Waals surface area contributed by atoms with E-state index < -0.39 is 0 Å². The van der Waals surface area contributed by atoms with Gasteiger partial charge < -0.3 is 11.1 Å². The van der Waals surface area contributed by atoms with Gasteiger partial charge in [0.1, 0.15) is 17.2 Å². The van der Waals surface area contributed by atoms with E-state index in [9.17, 15) is 0 Å². The third kappa shape index (κ3) is 2.15. The maximum Gasteiger partial charge on any atom is 0.150 e.